The lowest BCUT2D eigenvalue weighted by atomic mass is 9.98. The van der Waals surface area contributed by atoms with Crippen LogP contribution >= 0.6 is 23.2 Å². The number of aliphatic hydroxyl groups excluding tert-OH is 1. The van der Waals surface area contributed by atoms with Crippen LogP contribution in [-0.4, -0.2) is 34.2 Å². The van der Waals surface area contributed by atoms with Gasteiger partial charge in [0.2, 0.25) is 0 Å². The highest BCUT2D eigenvalue weighted by atomic mass is 35.5. The Hall–Kier alpha value is -2.21. The average molecular weight is 390 g/mol. The molecule has 0 bridgehead atoms. The number of aromatic amines is 1. The first-order valence-electron chi connectivity index (χ1n) is 8.31. The van der Waals surface area contributed by atoms with E-state index in [4.69, 9.17) is 23.2 Å². The summed E-state index contributed by atoms with van der Waals surface area (Å²) in [4.78, 5) is 17.7. The largest absolute Gasteiger partial charge is 0.394 e. The van der Waals surface area contributed by atoms with Crippen molar-refractivity contribution in [2.45, 2.75) is 12.5 Å². The fraction of sp³-hybridized carbons (Fsp3) is 0.211. The van der Waals surface area contributed by atoms with Crippen molar-refractivity contribution >= 4 is 45.8 Å². The number of nitrogens with zero attached hydrogens (tertiary/aromatic N) is 1. The number of halogens is 2. The monoisotopic (exact) mass is 389 g/mol. The molecule has 5 nitrogen and oxygen atoms in total. The molecule has 1 aliphatic rings. The summed E-state index contributed by atoms with van der Waals surface area (Å²) in [5, 5.41) is 15.1. The van der Waals surface area contributed by atoms with Gasteiger partial charge in [-0.1, -0.05) is 29.3 Å². The van der Waals surface area contributed by atoms with Crippen LogP contribution in [0.3, 0.4) is 0 Å². The number of rotatable bonds is 2. The third kappa shape index (κ3) is 3.03. The number of hydrogen-bond donors (Lipinski definition) is 3. The highest BCUT2D eigenvalue weighted by Gasteiger charge is 2.33. The zero-order chi connectivity index (χ0) is 18.3. The van der Waals surface area contributed by atoms with Gasteiger partial charge in [-0.3, -0.25) is 0 Å². The maximum absolute atomic E-state index is 12.8. The number of aliphatic hydroxyl groups is 1. The Balaban J connectivity index is 1.65. The number of urea groups is 1. The Morgan fingerprint density at radius 2 is 2.04 bits per heavy atom. The Morgan fingerprint density at radius 3 is 2.81 bits per heavy atom. The van der Waals surface area contributed by atoms with Gasteiger partial charge < -0.3 is 20.3 Å². The van der Waals surface area contributed by atoms with E-state index in [0.29, 0.717) is 28.7 Å². The molecule has 134 valence electrons. The van der Waals surface area contributed by atoms with Gasteiger partial charge in [-0.25, -0.2) is 4.79 Å². The lowest BCUT2D eigenvalue weighted by molar-refractivity contribution is 0.133. The molecule has 26 heavy (non-hydrogen) atoms. The minimum atomic E-state index is -0.441. The molecular weight excluding hydrogens is 373 g/mol. The fourth-order valence-electron chi connectivity index (χ4n) is 3.53. The molecule has 0 spiro atoms. The number of amides is 2. The lowest BCUT2D eigenvalue weighted by Crippen LogP contribution is -2.43. The van der Waals surface area contributed by atoms with Crippen molar-refractivity contribution in [3.05, 3.63) is 63.8 Å². The zero-order valence-electron chi connectivity index (χ0n) is 13.8. The molecule has 1 atom stereocenters. The summed E-state index contributed by atoms with van der Waals surface area (Å²) in [6.45, 7) is 0.334. The number of carbonyl (C=O) groups excluding carboxylic acids is 1. The topological polar surface area (TPSA) is 68.4 Å². The number of hydrogen-bond acceptors (Lipinski definition) is 2. The predicted molar refractivity (Wildman–Crippen MR) is 104 cm³/mol. The number of fused-ring (bicyclic) bond motifs is 3. The van der Waals surface area contributed by atoms with Crippen LogP contribution in [0.25, 0.3) is 10.9 Å². The number of benzene rings is 2. The van der Waals surface area contributed by atoms with Crippen LogP contribution in [0.2, 0.25) is 10.0 Å². The molecule has 3 aromatic rings. The summed E-state index contributed by atoms with van der Waals surface area (Å²) >= 11 is 12.1. The smallest absolute Gasteiger partial charge is 0.322 e. The first-order valence-corrected chi connectivity index (χ1v) is 9.06. The van der Waals surface area contributed by atoms with E-state index in [9.17, 15) is 9.90 Å². The van der Waals surface area contributed by atoms with Crippen LogP contribution in [0.15, 0.2) is 42.5 Å². The van der Waals surface area contributed by atoms with Crippen LogP contribution in [0.5, 0.6) is 0 Å². The summed E-state index contributed by atoms with van der Waals surface area (Å²) in [5.74, 6) is 0. The molecule has 0 fully saturated rings. The molecule has 7 heteroatoms. The van der Waals surface area contributed by atoms with Crippen molar-refractivity contribution in [2.24, 2.45) is 0 Å². The van der Waals surface area contributed by atoms with Gasteiger partial charge >= 0.3 is 6.03 Å². The predicted octanol–water partition coefficient (Wildman–Crippen LogP) is 4.60. The molecule has 1 aromatic heterocycles. The van der Waals surface area contributed by atoms with Crippen LogP contribution in [-0.2, 0) is 6.42 Å². The van der Waals surface area contributed by atoms with Crippen LogP contribution in [0.1, 0.15) is 17.3 Å². The summed E-state index contributed by atoms with van der Waals surface area (Å²) in [6, 6.07) is 11.9. The Bertz CT molecular complexity index is 986. The Kier molecular flexibility index (Phi) is 4.53. The van der Waals surface area contributed by atoms with E-state index in [2.05, 4.69) is 10.3 Å². The van der Waals surface area contributed by atoms with E-state index in [1.807, 2.05) is 18.2 Å². The SMILES string of the molecule is O=C(Nc1cccc(Cl)c1)N1CCc2c([nH]c3ccc(Cl)cc23)C1CO. The maximum Gasteiger partial charge on any atom is 0.322 e. The molecule has 2 heterocycles. The second-order valence-corrected chi connectivity index (χ2v) is 7.16. The Labute approximate surface area is 160 Å². The van der Waals surface area contributed by atoms with E-state index in [-0.39, 0.29) is 12.6 Å². The van der Waals surface area contributed by atoms with Gasteiger partial charge in [0.1, 0.15) is 0 Å². The average Bonchev–Trinajstić information content (AvgIpc) is 2.98. The number of anilines is 1. The van der Waals surface area contributed by atoms with Crippen LogP contribution in [0, 0.1) is 0 Å². The number of carbonyl (C=O) groups is 1. The van der Waals surface area contributed by atoms with E-state index < -0.39 is 6.04 Å². The molecule has 0 saturated carbocycles. The third-order valence-corrected chi connectivity index (χ3v) is 5.19. The van der Waals surface area contributed by atoms with Gasteiger partial charge in [0.05, 0.1) is 12.6 Å². The highest BCUT2D eigenvalue weighted by Crippen LogP contribution is 2.35. The quantitative estimate of drug-likeness (QED) is 0.599. The molecule has 4 rings (SSSR count). The minimum Gasteiger partial charge on any atom is -0.394 e. The molecular formula is C19H17Cl2N3O2. The van der Waals surface area contributed by atoms with Crippen LogP contribution < -0.4 is 5.32 Å². The van der Waals surface area contributed by atoms with Gasteiger partial charge in [-0.05, 0) is 48.4 Å². The first-order chi connectivity index (χ1) is 12.6. The number of aromatic nitrogens is 1. The molecule has 0 aliphatic carbocycles. The second kappa shape index (κ2) is 6.83. The van der Waals surface area contributed by atoms with Crippen molar-refractivity contribution in [1.82, 2.24) is 9.88 Å². The molecule has 0 radical (unpaired) electrons. The number of nitrogens with one attached hydrogen (secondary N) is 2. The summed E-state index contributed by atoms with van der Waals surface area (Å²) < 4.78 is 0. The van der Waals surface area contributed by atoms with Crippen molar-refractivity contribution < 1.29 is 9.90 Å². The van der Waals surface area contributed by atoms with Gasteiger partial charge in [0.25, 0.3) is 0 Å². The molecule has 3 N–H and O–H groups in total. The van der Waals surface area contributed by atoms with Gasteiger partial charge in [0.15, 0.2) is 0 Å². The normalized spacial score (nSPS) is 16.6. The van der Waals surface area contributed by atoms with E-state index in [1.165, 1.54) is 0 Å². The van der Waals surface area contributed by atoms with E-state index in [1.54, 1.807) is 29.2 Å². The van der Waals surface area contributed by atoms with Crippen LogP contribution in [0.4, 0.5) is 10.5 Å². The van der Waals surface area contributed by atoms with Crippen molar-refractivity contribution in [3.63, 3.8) is 0 Å². The zero-order valence-corrected chi connectivity index (χ0v) is 15.3. The molecule has 1 unspecified atom stereocenters. The van der Waals surface area contributed by atoms with Gasteiger partial charge in [0, 0.05) is 38.9 Å². The fourth-order valence-corrected chi connectivity index (χ4v) is 3.90. The number of H-pyrrole nitrogens is 1. The van der Waals surface area contributed by atoms with Gasteiger partial charge in [-0.2, -0.15) is 0 Å². The highest BCUT2D eigenvalue weighted by molar-refractivity contribution is 6.31. The van der Waals surface area contributed by atoms with Crippen molar-refractivity contribution in [2.75, 3.05) is 18.5 Å². The molecule has 2 amide bonds. The summed E-state index contributed by atoms with van der Waals surface area (Å²) in [6.07, 6.45) is 0.690. The molecule has 1 aliphatic heterocycles. The third-order valence-electron chi connectivity index (χ3n) is 4.72. The Morgan fingerprint density at radius 1 is 1.23 bits per heavy atom. The van der Waals surface area contributed by atoms with E-state index >= 15 is 0 Å². The summed E-state index contributed by atoms with van der Waals surface area (Å²) in [5.41, 5.74) is 3.54. The molecule has 2 aromatic carbocycles. The van der Waals surface area contributed by atoms with Crippen molar-refractivity contribution in [3.8, 4) is 0 Å². The van der Waals surface area contributed by atoms with Gasteiger partial charge in [-0.15, -0.1) is 0 Å². The van der Waals surface area contributed by atoms with Crippen molar-refractivity contribution in [1.29, 1.82) is 0 Å². The second-order valence-electron chi connectivity index (χ2n) is 6.29. The first kappa shape index (κ1) is 17.2. The minimum absolute atomic E-state index is 0.170. The standard InChI is InChI=1S/C19H17Cl2N3O2/c20-11-2-1-3-13(8-11)22-19(26)24-7-6-14-15-9-12(21)4-5-16(15)23-18(14)17(24)10-25/h1-5,8-9,17,23,25H,6-7,10H2,(H,22,26). The molecule has 0 saturated heterocycles. The lowest BCUT2D eigenvalue weighted by Gasteiger charge is -2.34. The summed E-state index contributed by atoms with van der Waals surface area (Å²) in [7, 11) is 0. The maximum atomic E-state index is 12.8. The van der Waals surface area contributed by atoms with E-state index in [0.717, 1.165) is 22.2 Å².